The minimum Gasteiger partial charge on any atom is -0.508 e. The molecule has 112 valence electrons. The molecule has 4 fully saturated rings. The predicted molar refractivity (Wildman–Crippen MR) is 82.2 cm³/mol. The minimum atomic E-state index is 0.0450. The molecule has 2 atom stereocenters. The van der Waals surface area contributed by atoms with E-state index in [9.17, 15) is 5.11 Å². The highest BCUT2D eigenvalue weighted by Gasteiger charge is 2.51. The Morgan fingerprint density at radius 3 is 2.33 bits per heavy atom. The molecule has 0 aliphatic carbocycles. The number of hydrazone groups is 1. The van der Waals surface area contributed by atoms with E-state index in [4.69, 9.17) is 5.84 Å². The molecule has 21 heavy (non-hydrogen) atoms. The number of benzene rings is 1. The first-order chi connectivity index (χ1) is 10.2. The van der Waals surface area contributed by atoms with Crippen LogP contribution < -0.4 is 5.84 Å². The number of fused-ring (bicyclic) bond motifs is 1. The van der Waals surface area contributed by atoms with Gasteiger partial charge in [-0.1, -0.05) is 12.1 Å². The number of aromatic hydroxyl groups is 1. The summed E-state index contributed by atoms with van der Waals surface area (Å²) < 4.78 is 0. The number of phenolic OH excluding ortho intramolecular Hbond substituents is 1. The summed E-state index contributed by atoms with van der Waals surface area (Å²) in [7, 11) is 0. The Hall–Kier alpha value is -1.59. The van der Waals surface area contributed by atoms with Gasteiger partial charge in [0, 0.05) is 50.6 Å². The van der Waals surface area contributed by atoms with Gasteiger partial charge in [-0.2, -0.15) is 5.10 Å². The van der Waals surface area contributed by atoms with Gasteiger partial charge in [0.2, 0.25) is 0 Å². The lowest BCUT2D eigenvalue weighted by molar-refractivity contribution is 0.117. The van der Waals surface area contributed by atoms with Gasteiger partial charge in [-0.05, 0) is 24.1 Å². The number of phenols is 1. The molecular weight excluding hydrogens is 264 g/mol. The van der Waals surface area contributed by atoms with Crippen molar-refractivity contribution >= 4 is 5.71 Å². The summed E-state index contributed by atoms with van der Waals surface area (Å²) in [5.41, 5.74) is 2.51. The van der Waals surface area contributed by atoms with E-state index < -0.39 is 0 Å². The first-order valence-electron chi connectivity index (χ1n) is 7.69. The number of piperidine rings is 2. The van der Waals surface area contributed by atoms with Crippen LogP contribution in [0.25, 0.3) is 0 Å². The number of rotatable bonds is 2. The lowest BCUT2D eigenvalue weighted by atomic mass is 9.67. The van der Waals surface area contributed by atoms with E-state index in [2.05, 4.69) is 14.9 Å². The van der Waals surface area contributed by atoms with Crippen molar-refractivity contribution < 1.29 is 5.11 Å². The normalized spacial score (nSPS) is 39.6. The van der Waals surface area contributed by atoms with Crippen LogP contribution in [0.5, 0.6) is 5.75 Å². The molecule has 1 aromatic carbocycles. The van der Waals surface area contributed by atoms with Crippen molar-refractivity contribution in [2.75, 3.05) is 39.3 Å². The largest absolute Gasteiger partial charge is 0.508 e. The number of nitrogens with two attached hydrogens (primary N) is 1. The van der Waals surface area contributed by atoms with Crippen molar-refractivity contribution in [2.45, 2.75) is 6.42 Å². The van der Waals surface area contributed by atoms with E-state index in [0.717, 1.165) is 45.7 Å². The van der Waals surface area contributed by atoms with Gasteiger partial charge in [-0.25, -0.2) is 0 Å². The van der Waals surface area contributed by atoms with Crippen LogP contribution in [0, 0.1) is 11.3 Å². The topological polar surface area (TPSA) is 65.1 Å². The second-order valence-electron chi connectivity index (χ2n) is 6.81. The van der Waals surface area contributed by atoms with Crippen molar-refractivity contribution in [1.82, 2.24) is 9.80 Å². The maximum absolute atomic E-state index is 9.47. The summed E-state index contributed by atoms with van der Waals surface area (Å²) in [6.45, 7) is 6.62. The molecule has 4 saturated heterocycles. The quantitative estimate of drug-likeness (QED) is 0.614. The predicted octanol–water partition coefficient (Wildman–Crippen LogP) is 0.497. The monoisotopic (exact) mass is 286 g/mol. The Balaban J connectivity index is 1.71. The lowest BCUT2D eigenvalue weighted by Gasteiger charge is -2.50. The Morgan fingerprint density at radius 1 is 1.14 bits per heavy atom. The Morgan fingerprint density at radius 2 is 1.76 bits per heavy atom. The third kappa shape index (κ3) is 2.12. The van der Waals surface area contributed by atoms with Gasteiger partial charge in [-0.3, -0.25) is 0 Å². The summed E-state index contributed by atoms with van der Waals surface area (Å²) in [5, 5.41) is 13.7. The van der Waals surface area contributed by atoms with Gasteiger partial charge in [0.25, 0.3) is 0 Å². The van der Waals surface area contributed by atoms with E-state index in [1.54, 1.807) is 12.1 Å². The van der Waals surface area contributed by atoms with Gasteiger partial charge in [-0.15, -0.1) is 0 Å². The zero-order valence-corrected chi connectivity index (χ0v) is 12.2. The fourth-order valence-electron chi connectivity index (χ4n) is 4.56. The fourth-order valence-corrected chi connectivity index (χ4v) is 4.56. The zero-order chi connectivity index (χ0) is 14.4. The molecule has 4 aliphatic heterocycles. The van der Waals surface area contributed by atoms with E-state index in [1.807, 2.05) is 12.1 Å². The van der Waals surface area contributed by atoms with Crippen molar-refractivity contribution in [3.05, 3.63) is 29.8 Å². The fraction of sp³-hybridized carbons (Fsp3) is 0.562. The standard InChI is InChI=1S/C16H22N4O/c17-18-15-13-8-19-5-6-20(9-13)11-16(15,10-19)7-12-1-3-14(21)4-2-12/h1-4,13,21H,5-11,17H2/b18-15-. The van der Waals surface area contributed by atoms with Gasteiger partial charge in [0.15, 0.2) is 0 Å². The van der Waals surface area contributed by atoms with Crippen LogP contribution in [0.4, 0.5) is 0 Å². The van der Waals surface area contributed by atoms with Crippen LogP contribution in [0.15, 0.2) is 29.4 Å². The molecule has 1 aromatic rings. The van der Waals surface area contributed by atoms with E-state index >= 15 is 0 Å². The van der Waals surface area contributed by atoms with Crippen molar-refractivity contribution in [2.24, 2.45) is 22.3 Å². The molecule has 5 heteroatoms. The van der Waals surface area contributed by atoms with Gasteiger partial charge in [0.1, 0.15) is 5.75 Å². The highest BCUT2D eigenvalue weighted by molar-refractivity contribution is 5.94. The van der Waals surface area contributed by atoms with Gasteiger partial charge >= 0.3 is 0 Å². The number of nitrogens with zero attached hydrogens (tertiary/aromatic N) is 3. The molecule has 3 N–H and O–H groups in total. The average Bonchev–Trinajstić information content (AvgIpc) is 2.69. The second kappa shape index (κ2) is 4.71. The van der Waals surface area contributed by atoms with Crippen molar-refractivity contribution in [1.29, 1.82) is 0 Å². The third-order valence-electron chi connectivity index (χ3n) is 5.29. The Bertz CT molecular complexity index is 552. The maximum atomic E-state index is 9.47. The zero-order valence-electron chi connectivity index (χ0n) is 12.2. The smallest absolute Gasteiger partial charge is 0.115 e. The molecule has 0 aromatic heterocycles. The maximum Gasteiger partial charge on any atom is 0.115 e. The molecule has 2 unspecified atom stereocenters. The van der Waals surface area contributed by atoms with Crippen LogP contribution in [0.3, 0.4) is 0 Å². The van der Waals surface area contributed by atoms with Crippen LogP contribution in [-0.4, -0.2) is 59.9 Å². The molecule has 0 radical (unpaired) electrons. The van der Waals surface area contributed by atoms with Crippen LogP contribution >= 0.6 is 0 Å². The molecule has 0 spiro atoms. The van der Waals surface area contributed by atoms with Gasteiger partial charge < -0.3 is 20.7 Å². The molecule has 4 aliphatic rings. The highest BCUT2D eigenvalue weighted by Crippen LogP contribution is 2.40. The highest BCUT2D eigenvalue weighted by atomic mass is 16.3. The van der Waals surface area contributed by atoms with E-state index in [-0.39, 0.29) is 5.41 Å². The second-order valence-corrected chi connectivity index (χ2v) is 6.81. The van der Waals surface area contributed by atoms with Crippen LogP contribution in [0.1, 0.15) is 5.56 Å². The Labute approximate surface area is 125 Å². The molecule has 4 bridgehead atoms. The third-order valence-corrected chi connectivity index (χ3v) is 5.29. The van der Waals surface area contributed by atoms with Gasteiger partial charge in [0.05, 0.1) is 5.71 Å². The molecule has 4 heterocycles. The molecule has 5 nitrogen and oxygen atoms in total. The number of hydrogen-bond donors (Lipinski definition) is 2. The number of hydrogen-bond acceptors (Lipinski definition) is 5. The summed E-state index contributed by atoms with van der Waals surface area (Å²) in [6, 6.07) is 7.57. The molecule has 0 saturated carbocycles. The van der Waals surface area contributed by atoms with Crippen LogP contribution in [0.2, 0.25) is 0 Å². The first-order valence-corrected chi connectivity index (χ1v) is 7.69. The van der Waals surface area contributed by atoms with Crippen LogP contribution in [-0.2, 0) is 6.42 Å². The summed E-state index contributed by atoms with van der Waals surface area (Å²) in [4.78, 5) is 5.15. The summed E-state index contributed by atoms with van der Waals surface area (Å²) in [6.07, 6.45) is 0.951. The SMILES string of the molecule is N/N=C1/C2CN3CCN(C2)CC1(Cc1ccc(O)cc1)C3. The molecular formula is C16H22N4O. The first kappa shape index (κ1) is 13.1. The molecule has 0 amide bonds. The Kier molecular flexibility index (Phi) is 2.94. The average molecular weight is 286 g/mol. The van der Waals surface area contributed by atoms with E-state index in [0.29, 0.717) is 11.7 Å². The van der Waals surface area contributed by atoms with E-state index in [1.165, 1.54) is 11.3 Å². The lowest BCUT2D eigenvalue weighted by Crippen LogP contribution is -2.62. The minimum absolute atomic E-state index is 0.0450. The van der Waals surface area contributed by atoms with Crippen molar-refractivity contribution in [3.8, 4) is 5.75 Å². The van der Waals surface area contributed by atoms with Crippen molar-refractivity contribution in [3.63, 3.8) is 0 Å². The molecule has 5 rings (SSSR count). The summed E-state index contributed by atoms with van der Waals surface area (Å²) >= 11 is 0. The summed E-state index contributed by atoms with van der Waals surface area (Å²) in [5.74, 6) is 6.58.